The topological polar surface area (TPSA) is 49.0 Å². The number of hydrogen-bond donors (Lipinski definition) is 2. The SMILES string of the molecule is Cc1csc(=N)n1O.Cl. The van der Waals surface area contributed by atoms with Crippen molar-refractivity contribution in [1.29, 1.82) is 5.41 Å². The summed E-state index contributed by atoms with van der Waals surface area (Å²) in [4.78, 5) is 0.169. The van der Waals surface area contributed by atoms with Gasteiger partial charge in [0.05, 0.1) is 5.69 Å². The molecule has 3 nitrogen and oxygen atoms in total. The van der Waals surface area contributed by atoms with Crippen LogP contribution in [0.3, 0.4) is 0 Å². The van der Waals surface area contributed by atoms with Crippen LogP contribution in [-0.4, -0.2) is 9.94 Å². The van der Waals surface area contributed by atoms with Gasteiger partial charge in [0.15, 0.2) is 0 Å². The minimum atomic E-state index is 0. The molecule has 1 aromatic rings. The predicted octanol–water partition coefficient (Wildman–Crippen LogP) is 0.997. The van der Waals surface area contributed by atoms with E-state index in [-0.39, 0.29) is 17.2 Å². The van der Waals surface area contributed by atoms with Crippen LogP contribution in [0.5, 0.6) is 0 Å². The lowest BCUT2D eigenvalue weighted by Gasteiger charge is -1.87. The Kier molecular flexibility index (Phi) is 2.73. The van der Waals surface area contributed by atoms with E-state index in [0.717, 1.165) is 4.73 Å². The summed E-state index contributed by atoms with van der Waals surface area (Å²) in [5, 5.41) is 17.5. The van der Waals surface area contributed by atoms with Crippen LogP contribution in [0.2, 0.25) is 0 Å². The van der Waals surface area contributed by atoms with Gasteiger partial charge in [-0.05, 0) is 6.92 Å². The van der Waals surface area contributed by atoms with Crippen LogP contribution < -0.4 is 4.80 Å². The molecule has 52 valence electrons. The highest BCUT2D eigenvalue weighted by Gasteiger charge is 1.92. The molecule has 2 N–H and O–H groups in total. The summed E-state index contributed by atoms with van der Waals surface area (Å²) in [5.74, 6) is 0. The van der Waals surface area contributed by atoms with Gasteiger partial charge in [-0.3, -0.25) is 5.41 Å². The fourth-order valence-electron chi connectivity index (χ4n) is 0.401. The Labute approximate surface area is 62.5 Å². The Morgan fingerprint density at radius 3 is 2.44 bits per heavy atom. The molecule has 0 atom stereocenters. The third-order valence-corrected chi connectivity index (χ3v) is 1.72. The second-order valence-corrected chi connectivity index (χ2v) is 2.35. The zero-order valence-corrected chi connectivity index (χ0v) is 6.42. The first-order valence-corrected chi connectivity index (χ1v) is 3.01. The smallest absolute Gasteiger partial charge is 0.216 e. The Morgan fingerprint density at radius 2 is 2.33 bits per heavy atom. The van der Waals surface area contributed by atoms with Crippen molar-refractivity contribution in [2.45, 2.75) is 6.92 Å². The molecule has 0 spiro atoms. The third-order valence-electron chi connectivity index (χ3n) is 0.868. The Hall–Kier alpha value is -0.480. The largest absolute Gasteiger partial charge is 0.426 e. The maximum absolute atomic E-state index is 8.79. The van der Waals surface area contributed by atoms with Crippen LogP contribution in [0.25, 0.3) is 0 Å². The van der Waals surface area contributed by atoms with E-state index >= 15 is 0 Å². The van der Waals surface area contributed by atoms with E-state index in [4.69, 9.17) is 10.6 Å². The molecule has 0 aliphatic rings. The van der Waals surface area contributed by atoms with Gasteiger partial charge in [-0.1, -0.05) is 0 Å². The highest BCUT2D eigenvalue weighted by Crippen LogP contribution is 1.93. The molecule has 1 rings (SSSR count). The molecule has 0 saturated carbocycles. The van der Waals surface area contributed by atoms with Crippen molar-refractivity contribution in [2.24, 2.45) is 0 Å². The van der Waals surface area contributed by atoms with Crippen molar-refractivity contribution in [1.82, 2.24) is 4.73 Å². The van der Waals surface area contributed by atoms with E-state index in [1.807, 2.05) is 0 Å². The number of thiazole rings is 1. The molecule has 1 aromatic heterocycles. The minimum absolute atomic E-state index is 0. The standard InChI is InChI=1S/C4H6N2OS.ClH/c1-3-2-8-4(5)6(3)7;/h2,5,7H,1H3;1H. The van der Waals surface area contributed by atoms with E-state index in [2.05, 4.69) is 0 Å². The summed E-state index contributed by atoms with van der Waals surface area (Å²) < 4.78 is 0.852. The van der Waals surface area contributed by atoms with E-state index < -0.39 is 0 Å². The van der Waals surface area contributed by atoms with Crippen molar-refractivity contribution in [2.75, 3.05) is 0 Å². The molecule has 5 heteroatoms. The lowest BCUT2D eigenvalue weighted by Crippen LogP contribution is -2.09. The number of halogens is 1. The number of nitrogens with one attached hydrogen (secondary N) is 1. The van der Waals surface area contributed by atoms with E-state index in [1.165, 1.54) is 11.3 Å². The molecule has 0 bridgehead atoms. The molecule has 0 aromatic carbocycles. The first kappa shape index (κ1) is 8.52. The molecule has 0 amide bonds. The molecule has 0 aliphatic heterocycles. The van der Waals surface area contributed by atoms with Crippen LogP contribution >= 0.6 is 23.7 Å². The van der Waals surface area contributed by atoms with Crippen LogP contribution in [0.15, 0.2) is 5.38 Å². The molecule has 0 unspecified atom stereocenters. The number of aryl methyl sites for hydroxylation is 1. The lowest BCUT2D eigenvalue weighted by atomic mass is 10.6. The first-order chi connectivity index (χ1) is 3.72. The highest BCUT2D eigenvalue weighted by atomic mass is 35.5. The number of hydrogen-bond acceptors (Lipinski definition) is 3. The predicted molar refractivity (Wildman–Crippen MR) is 37.3 cm³/mol. The Balaban J connectivity index is 0.000000640. The molecule has 0 saturated heterocycles. The summed E-state index contributed by atoms with van der Waals surface area (Å²) in [6.07, 6.45) is 0. The quantitative estimate of drug-likeness (QED) is 0.555. The Bertz CT molecular complexity index is 241. The molecule has 0 fully saturated rings. The second-order valence-electron chi connectivity index (χ2n) is 1.49. The third kappa shape index (κ3) is 1.46. The van der Waals surface area contributed by atoms with Gasteiger partial charge in [0.25, 0.3) is 0 Å². The van der Waals surface area contributed by atoms with Crippen LogP contribution in [0.1, 0.15) is 5.69 Å². The highest BCUT2D eigenvalue weighted by molar-refractivity contribution is 7.07. The van der Waals surface area contributed by atoms with Gasteiger partial charge in [-0.25, -0.2) is 0 Å². The molecule has 0 radical (unpaired) electrons. The van der Waals surface area contributed by atoms with Crippen molar-refractivity contribution >= 4 is 23.7 Å². The summed E-state index contributed by atoms with van der Waals surface area (Å²) in [6.45, 7) is 1.74. The van der Waals surface area contributed by atoms with Gasteiger partial charge in [0, 0.05) is 5.38 Å². The van der Waals surface area contributed by atoms with Gasteiger partial charge in [-0.2, -0.15) is 4.73 Å². The van der Waals surface area contributed by atoms with E-state index in [9.17, 15) is 0 Å². The van der Waals surface area contributed by atoms with Crippen LogP contribution in [0, 0.1) is 12.3 Å². The van der Waals surface area contributed by atoms with Gasteiger partial charge >= 0.3 is 0 Å². The van der Waals surface area contributed by atoms with Crippen molar-refractivity contribution < 1.29 is 5.21 Å². The van der Waals surface area contributed by atoms with Gasteiger partial charge < -0.3 is 5.21 Å². The summed E-state index contributed by atoms with van der Waals surface area (Å²) in [7, 11) is 0. The maximum Gasteiger partial charge on any atom is 0.216 e. The summed E-state index contributed by atoms with van der Waals surface area (Å²) in [6, 6.07) is 0. The summed E-state index contributed by atoms with van der Waals surface area (Å²) in [5.41, 5.74) is 0.708. The van der Waals surface area contributed by atoms with Gasteiger partial charge in [0.1, 0.15) is 0 Å². The number of nitrogens with zero attached hydrogens (tertiary/aromatic N) is 1. The number of rotatable bonds is 0. The Morgan fingerprint density at radius 1 is 1.78 bits per heavy atom. The molecule has 9 heavy (non-hydrogen) atoms. The second kappa shape index (κ2) is 2.89. The van der Waals surface area contributed by atoms with Gasteiger partial charge in [-0.15, -0.1) is 23.7 Å². The molecular formula is C4H7ClN2OS. The molecule has 1 heterocycles. The molecular weight excluding hydrogens is 160 g/mol. The fourth-order valence-corrected chi connectivity index (χ4v) is 1.03. The van der Waals surface area contributed by atoms with Crippen LogP contribution in [-0.2, 0) is 0 Å². The molecule has 0 aliphatic carbocycles. The zero-order chi connectivity index (χ0) is 6.15. The monoisotopic (exact) mass is 166 g/mol. The lowest BCUT2D eigenvalue weighted by molar-refractivity contribution is 0.170. The van der Waals surface area contributed by atoms with Gasteiger partial charge in [0.2, 0.25) is 4.80 Å². The average molecular weight is 167 g/mol. The van der Waals surface area contributed by atoms with Crippen LogP contribution in [0.4, 0.5) is 0 Å². The summed E-state index contributed by atoms with van der Waals surface area (Å²) >= 11 is 1.21. The first-order valence-electron chi connectivity index (χ1n) is 2.13. The van der Waals surface area contributed by atoms with Crippen molar-refractivity contribution in [3.63, 3.8) is 0 Å². The maximum atomic E-state index is 8.79. The van der Waals surface area contributed by atoms with Crippen molar-refractivity contribution in [3.8, 4) is 0 Å². The average Bonchev–Trinajstić information content (AvgIpc) is 1.98. The van der Waals surface area contributed by atoms with E-state index in [1.54, 1.807) is 12.3 Å². The van der Waals surface area contributed by atoms with E-state index in [0.29, 0.717) is 5.69 Å². The van der Waals surface area contributed by atoms with Crippen molar-refractivity contribution in [3.05, 3.63) is 15.9 Å². The fraction of sp³-hybridized carbons (Fsp3) is 0.250. The zero-order valence-electron chi connectivity index (χ0n) is 4.79. The number of aromatic nitrogens is 1. The minimum Gasteiger partial charge on any atom is -0.426 e. The normalized spacial score (nSPS) is 8.56.